The molecule has 0 bridgehead atoms. The number of nitrogens with zero attached hydrogens (tertiary/aromatic N) is 1. The number of ether oxygens (including phenoxy) is 2. The lowest BCUT2D eigenvalue weighted by Crippen LogP contribution is -2.38. The van der Waals surface area contributed by atoms with Gasteiger partial charge >= 0.3 is 6.03 Å². The number of anilines is 1. The quantitative estimate of drug-likeness (QED) is 0.211. The van der Waals surface area contributed by atoms with Crippen LogP contribution >= 0.6 is 27.5 Å². The van der Waals surface area contributed by atoms with Crippen molar-refractivity contribution in [3.63, 3.8) is 0 Å². The van der Waals surface area contributed by atoms with Crippen LogP contribution in [0.2, 0.25) is 5.02 Å². The highest BCUT2D eigenvalue weighted by molar-refractivity contribution is 9.10. The average Bonchev–Trinajstić information content (AvgIpc) is 3.18. The molecule has 1 saturated heterocycles. The number of aryl methyl sites for hydroxylation is 1. The molecule has 4 amide bonds. The molecule has 0 unspecified atom stereocenters. The van der Waals surface area contributed by atoms with Crippen LogP contribution in [0.1, 0.15) is 30.5 Å². The maximum Gasteiger partial charge on any atom is 0.329 e. The predicted molar refractivity (Wildman–Crippen MR) is 154 cm³/mol. The number of halogens is 2. The standard InChI is InChI=1S/C29H27BrClN3O5/c1-3-18-9-6-8-12-23(18)32-27(35)16-34-28(36)24(33-29(34)37)13-20-14-25(38-4-2)26(15-21(20)30)39-17-19-10-5-7-11-22(19)31/h5-15H,3-4,16-17H2,1-2H3,(H,32,35)(H,33,37)/b24-13+. The molecule has 0 aromatic heterocycles. The van der Waals surface area contributed by atoms with Crippen molar-refractivity contribution in [2.45, 2.75) is 26.9 Å². The smallest absolute Gasteiger partial charge is 0.329 e. The molecule has 0 aliphatic carbocycles. The number of carbonyl (C=O) groups excluding carboxylic acids is 3. The Morgan fingerprint density at radius 3 is 2.44 bits per heavy atom. The summed E-state index contributed by atoms with van der Waals surface area (Å²) in [6.45, 7) is 4.04. The van der Waals surface area contributed by atoms with Crippen LogP contribution < -0.4 is 20.1 Å². The minimum absolute atomic E-state index is 0.0367. The third kappa shape index (κ3) is 6.79. The number of benzene rings is 3. The minimum Gasteiger partial charge on any atom is -0.490 e. The number of urea groups is 1. The Hall–Kier alpha value is -3.82. The van der Waals surface area contributed by atoms with Crippen molar-refractivity contribution in [3.8, 4) is 11.5 Å². The molecule has 1 fully saturated rings. The summed E-state index contributed by atoms with van der Waals surface area (Å²) in [7, 11) is 0. The van der Waals surface area contributed by atoms with Crippen LogP contribution in [0.3, 0.4) is 0 Å². The van der Waals surface area contributed by atoms with Gasteiger partial charge in [0.25, 0.3) is 5.91 Å². The normalized spacial score (nSPS) is 13.9. The van der Waals surface area contributed by atoms with Crippen molar-refractivity contribution in [3.05, 3.63) is 92.5 Å². The van der Waals surface area contributed by atoms with Crippen LogP contribution in [0.15, 0.2) is 70.8 Å². The van der Waals surface area contributed by atoms with E-state index in [1.54, 1.807) is 24.3 Å². The fraction of sp³-hybridized carbons (Fsp3) is 0.207. The maximum atomic E-state index is 13.0. The fourth-order valence-electron chi connectivity index (χ4n) is 3.97. The molecule has 4 rings (SSSR count). The van der Waals surface area contributed by atoms with Gasteiger partial charge in [0.1, 0.15) is 18.8 Å². The topological polar surface area (TPSA) is 97.0 Å². The molecule has 3 aromatic rings. The van der Waals surface area contributed by atoms with E-state index < -0.39 is 24.4 Å². The summed E-state index contributed by atoms with van der Waals surface area (Å²) < 4.78 is 12.4. The van der Waals surface area contributed by atoms with Crippen molar-refractivity contribution in [1.82, 2.24) is 10.2 Å². The Bertz CT molecular complexity index is 1440. The lowest BCUT2D eigenvalue weighted by Gasteiger charge is -2.15. The first-order valence-electron chi connectivity index (χ1n) is 12.4. The zero-order valence-corrected chi connectivity index (χ0v) is 23.8. The van der Waals surface area contributed by atoms with Crippen molar-refractivity contribution in [1.29, 1.82) is 0 Å². The highest BCUT2D eigenvalue weighted by atomic mass is 79.9. The van der Waals surface area contributed by atoms with Crippen LogP contribution in [0.25, 0.3) is 6.08 Å². The van der Waals surface area contributed by atoms with Gasteiger partial charge in [0.2, 0.25) is 5.91 Å². The fourth-order valence-corrected chi connectivity index (χ4v) is 4.60. The maximum absolute atomic E-state index is 13.0. The Morgan fingerprint density at radius 1 is 1.03 bits per heavy atom. The molecule has 0 spiro atoms. The van der Waals surface area contributed by atoms with Gasteiger partial charge in [-0.15, -0.1) is 0 Å². The predicted octanol–water partition coefficient (Wildman–Crippen LogP) is 6.17. The van der Waals surface area contributed by atoms with E-state index in [-0.39, 0.29) is 12.3 Å². The van der Waals surface area contributed by atoms with Crippen LogP contribution in [-0.2, 0) is 22.6 Å². The van der Waals surface area contributed by atoms with Gasteiger partial charge in [-0.3, -0.25) is 9.59 Å². The van der Waals surface area contributed by atoms with Gasteiger partial charge in [-0.25, -0.2) is 9.69 Å². The molecule has 0 saturated carbocycles. The number of hydrogen-bond acceptors (Lipinski definition) is 5. The number of amides is 4. The van der Waals surface area contributed by atoms with E-state index in [0.29, 0.717) is 38.9 Å². The number of carbonyl (C=O) groups is 3. The summed E-state index contributed by atoms with van der Waals surface area (Å²) in [5.41, 5.74) is 3.05. The van der Waals surface area contributed by atoms with Gasteiger partial charge < -0.3 is 20.1 Å². The third-order valence-corrected chi connectivity index (χ3v) is 7.00. The van der Waals surface area contributed by atoms with E-state index in [0.717, 1.165) is 22.4 Å². The van der Waals surface area contributed by atoms with E-state index in [1.807, 2.05) is 50.2 Å². The van der Waals surface area contributed by atoms with Crippen molar-refractivity contribution < 1.29 is 23.9 Å². The molecule has 10 heteroatoms. The summed E-state index contributed by atoms with van der Waals surface area (Å²) in [6, 6.07) is 17.5. The molecule has 0 radical (unpaired) electrons. The second kappa shape index (κ2) is 12.8. The highest BCUT2D eigenvalue weighted by Gasteiger charge is 2.35. The van der Waals surface area contributed by atoms with E-state index >= 15 is 0 Å². The average molecular weight is 613 g/mol. The zero-order valence-electron chi connectivity index (χ0n) is 21.4. The van der Waals surface area contributed by atoms with Crippen molar-refractivity contribution in [2.24, 2.45) is 0 Å². The molecule has 202 valence electrons. The number of hydrogen-bond donors (Lipinski definition) is 2. The molecular formula is C29H27BrClN3O5. The minimum atomic E-state index is -0.675. The van der Waals surface area contributed by atoms with Gasteiger partial charge in [0, 0.05) is 20.7 Å². The van der Waals surface area contributed by atoms with Crippen LogP contribution in [0.4, 0.5) is 10.5 Å². The SMILES string of the molecule is CCOc1cc(/C=C2/NC(=O)N(CC(=O)Nc3ccccc3CC)C2=O)c(Br)cc1OCc1ccccc1Cl. The second-order valence-electron chi connectivity index (χ2n) is 8.57. The number of rotatable bonds is 10. The zero-order chi connectivity index (χ0) is 27.9. The van der Waals surface area contributed by atoms with Gasteiger partial charge in [0.15, 0.2) is 11.5 Å². The number of para-hydroxylation sites is 1. The largest absolute Gasteiger partial charge is 0.490 e. The first-order valence-corrected chi connectivity index (χ1v) is 13.5. The Labute approximate surface area is 240 Å². The molecule has 0 atom stereocenters. The van der Waals surface area contributed by atoms with Gasteiger partial charge in [-0.2, -0.15) is 0 Å². The lowest BCUT2D eigenvalue weighted by atomic mass is 10.1. The Balaban J connectivity index is 1.50. The molecule has 3 aromatic carbocycles. The molecule has 1 aliphatic heterocycles. The van der Waals surface area contributed by atoms with E-state index in [4.69, 9.17) is 21.1 Å². The molecule has 8 nitrogen and oxygen atoms in total. The van der Waals surface area contributed by atoms with Crippen LogP contribution in [0.5, 0.6) is 11.5 Å². The molecule has 1 aliphatic rings. The number of imide groups is 1. The van der Waals surface area contributed by atoms with E-state index in [1.165, 1.54) is 6.08 Å². The monoisotopic (exact) mass is 611 g/mol. The van der Waals surface area contributed by atoms with Crippen molar-refractivity contribution in [2.75, 3.05) is 18.5 Å². The van der Waals surface area contributed by atoms with E-state index in [9.17, 15) is 14.4 Å². The summed E-state index contributed by atoms with van der Waals surface area (Å²) in [5, 5.41) is 5.93. The Kier molecular flexibility index (Phi) is 9.27. The highest BCUT2D eigenvalue weighted by Crippen LogP contribution is 2.36. The van der Waals surface area contributed by atoms with Gasteiger partial charge in [-0.05, 0) is 54.8 Å². The Morgan fingerprint density at radius 2 is 1.72 bits per heavy atom. The second-order valence-corrected chi connectivity index (χ2v) is 9.83. The molecule has 1 heterocycles. The van der Waals surface area contributed by atoms with Crippen molar-refractivity contribution >= 4 is 57.1 Å². The number of nitrogens with one attached hydrogen (secondary N) is 2. The van der Waals surface area contributed by atoms with E-state index in [2.05, 4.69) is 26.6 Å². The third-order valence-electron chi connectivity index (χ3n) is 5.94. The summed E-state index contributed by atoms with van der Waals surface area (Å²) in [5.74, 6) is -0.135. The van der Waals surface area contributed by atoms with Crippen LogP contribution in [-0.4, -0.2) is 35.9 Å². The van der Waals surface area contributed by atoms with Crippen LogP contribution in [0, 0.1) is 0 Å². The summed E-state index contributed by atoms with van der Waals surface area (Å²) in [6.07, 6.45) is 2.25. The molecular weight excluding hydrogens is 586 g/mol. The molecule has 39 heavy (non-hydrogen) atoms. The summed E-state index contributed by atoms with van der Waals surface area (Å²) in [4.78, 5) is 39.1. The lowest BCUT2D eigenvalue weighted by molar-refractivity contribution is -0.127. The first-order chi connectivity index (χ1) is 18.8. The first kappa shape index (κ1) is 28.2. The molecule has 2 N–H and O–H groups in total. The van der Waals surface area contributed by atoms with Gasteiger partial charge in [-0.1, -0.05) is 70.9 Å². The van der Waals surface area contributed by atoms with Gasteiger partial charge in [0.05, 0.1) is 6.61 Å². The summed E-state index contributed by atoms with van der Waals surface area (Å²) >= 11 is 9.76.